The minimum atomic E-state index is -0.181. The molecule has 0 bridgehead atoms. The molecule has 1 aromatic carbocycles. The molecule has 7 nitrogen and oxygen atoms in total. The first-order chi connectivity index (χ1) is 9.20. The molecule has 0 spiro atoms. The van der Waals surface area contributed by atoms with Crippen LogP contribution in [0.5, 0.6) is 0 Å². The zero-order chi connectivity index (χ0) is 13.7. The predicted molar refractivity (Wildman–Crippen MR) is 70.4 cm³/mol. The average Bonchev–Trinajstić information content (AvgIpc) is 2.47. The second-order valence-corrected chi connectivity index (χ2v) is 4.10. The van der Waals surface area contributed by atoms with Crippen molar-refractivity contribution in [2.45, 2.75) is 0 Å². The van der Waals surface area contributed by atoms with E-state index in [2.05, 4.69) is 10.5 Å². The van der Waals surface area contributed by atoms with Crippen LogP contribution in [0.25, 0.3) is 0 Å². The number of carbonyl (C=O) groups is 1. The highest BCUT2D eigenvalue weighted by Crippen LogP contribution is 2.12. The summed E-state index contributed by atoms with van der Waals surface area (Å²) in [5.41, 5.74) is 6.64. The molecule has 1 saturated heterocycles. The third-order valence-corrected chi connectivity index (χ3v) is 2.82. The zero-order valence-electron chi connectivity index (χ0n) is 10.4. The number of urea groups is 1. The molecule has 1 aliphatic rings. The van der Waals surface area contributed by atoms with Gasteiger partial charge in [0, 0.05) is 24.3 Å². The topological polar surface area (TPSA) is 100 Å². The summed E-state index contributed by atoms with van der Waals surface area (Å²) in [7, 11) is 0. The molecule has 19 heavy (non-hydrogen) atoms. The van der Waals surface area contributed by atoms with Gasteiger partial charge in [0.05, 0.1) is 13.2 Å². The number of ether oxygens (including phenoxy) is 1. The molecule has 1 aliphatic heterocycles. The predicted octanol–water partition coefficient (Wildman–Crippen LogP) is 0.645. The number of benzene rings is 1. The second-order valence-electron chi connectivity index (χ2n) is 4.10. The molecule has 2 rings (SSSR count). The summed E-state index contributed by atoms with van der Waals surface area (Å²) < 4.78 is 5.18. The number of hydrogen-bond acceptors (Lipinski definition) is 4. The maximum absolute atomic E-state index is 12.0. The summed E-state index contributed by atoms with van der Waals surface area (Å²) >= 11 is 0. The number of nitrogens with two attached hydrogens (primary N) is 1. The standard InChI is InChI=1S/C12H16N4O3/c13-11(15-18)9-2-1-3-10(8-9)14-12(17)16-4-6-19-7-5-16/h1-3,8,18H,4-7H2,(H2,13,15)(H,14,17). The maximum Gasteiger partial charge on any atom is 0.321 e. The van der Waals surface area contributed by atoms with Crippen molar-refractivity contribution in [1.82, 2.24) is 4.90 Å². The second kappa shape index (κ2) is 6.05. The molecule has 7 heteroatoms. The van der Waals surface area contributed by atoms with Crippen LogP contribution in [0.4, 0.5) is 10.5 Å². The van der Waals surface area contributed by atoms with Gasteiger partial charge in [0.25, 0.3) is 0 Å². The molecular formula is C12H16N4O3. The molecule has 1 heterocycles. The Morgan fingerprint density at radius 2 is 2.16 bits per heavy atom. The minimum Gasteiger partial charge on any atom is -0.409 e. The Bertz CT molecular complexity index is 484. The first-order valence-electron chi connectivity index (χ1n) is 5.92. The van der Waals surface area contributed by atoms with E-state index >= 15 is 0 Å². The van der Waals surface area contributed by atoms with Gasteiger partial charge in [-0.1, -0.05) is 17.3 Å². The number of amidine groups is 1. The van der Waals surface area contributed by atoms with Gasteiger partial charge in [0.1, 0.15) is 0 Å². The number of rotatable bonds is 2. The van der Waals surface area contributed by atoms with Crippen LogP contribution in [-0.4, -0.2) is 48.3 Å². The third-order valence-electron chi connectivity index (χ3n) is 2.82. The highest BCUT2D eigenvalue weighted by Gasteiger charge is 2.16. The SMILES string of the molecule is NC(=NO)c1cccc(NC(=O)N2CCOCC2)c1. The molecule has 0 saturated carbocycles. The van der Waals surface area contributed by atoms with Gasteiger partial charge in [-0.25, -0.2) is 4.79 Å². The van der Waals surface area contributed by atoms with Crippen molar-refractivity contribution in [2.75, 3.05) is 31.6 Å². The highest BCUT2D eigenvalue weighted by molar-refractivity contribution is 5.99. The first-order valence-corrected chi connectivity index (χ1v) is 5.92. The van der Waals surface area contributed by atoms with Gasteiger partial charge in [-0.3, -0.25) is 0 Å². The van der Waals surface area contributed by atoms with E-state index in [-0.39, 0.29) is 11.9 Å². The van der Waals surface area contributed by atoms with Crippen LogP contribution in [0.15, 0.2) is 29.4 Å². The number of carbonyl (C=O) groups excluding carboxylic acids is 1. The Hall–Kier alpha value is -2.28. The Balaban J connectivity index is 2.04. The Labute approximate surface area is 110 Å². The monoisotopic (exact) mass is 264 g/mol. The molecule has 0 aliphatic carbocycles. The third kappa shape index (κ3) is 3.35. The fourth-order valence-electron chi connectivity index (χ4n) is 1.78. The lowest BCUT2D eigenvalue weighted by Gasteiger charge is -2.26. The van der Waals surface area contributed by atoms with Crippen LogP contribution in [-0.2, 0) is 4.74 Å². The molecule has 0 atom stereocenters. The van der Waals surface area contributed by atoms with Crippen molar-refractivity contribution in [2.24, 2.45) is 10.9 Å². The normalized spacial score (nSPS) is 16.2. The van der Waals surface area contributed by atoms with E-state index in [4.69, 9.17) is 15.7 Å². The van der Waals surface area contributed by atoms with Gasteiger partial charge >= 0.3 is 6.03 Å². The van der Waals surface area contributed by atoms with E-state index in [0.717, 1.165) is 0 Å². The van der Waals surface area contributed by atoms with E-state index in [1.54, 1.807) is 29.2 Å². The summed E-state index contributed by atoms with van der Waals surface area (Å²) in [6.07, 6.45) is 0. The lowest BCUT2D eigenvalue weighted by atomic mass is 10.2. The van der Waals surface area contributed by atoms with E-state index in [1.165, 1.54) is 0 Å². The smallest absolute Gasteiger partial charge is 0.321 e. The van der Waals surface area contributed by atoms with Gasteiger partial charge in [0.15, 0.2) is 5.84 Å². The molecule has 0 unspecified atom stereocenters. The van der Waals surface area contributed by atoms with Gasteiger partial charge in [-0.05, 0) is 12.1 Å². The molecule has 1 fully saturated rings. The van der Waals surface area contributed by atoms with Crippen molar-refractivity contribution >= 4 is 17.6 Å². The lowest BCUT2D eigenvalue weighted by molar-refractivity contribution is 0.0564. The van der Waals surface area contributed by atoms with Crippen molar-refractivity contribution in [3.63, 3.8) is 0 Å². The molecule has 2 amide bonds. The number of nitrogens with zero attached hydrogens (tertiary/aromatic N) is 2. The Morgan fingerprint density at radius 1 is 1.42 bits per heavy atom. The number of anilines is 1. The molecule has 1 aromatic rings. The fraction of sp³-hybridized carbons (Fsp3) is 0.333. The Morgan fingerprint density at radius 3 is 2.84 bits per heavy atom. The van der Waals surface area contributed by atoms with Crippen LogP contribution in [0.3, 0.4) is 0 Å². The van der Waals surface area contributed by atoms with Crippen LogP contribution in [0.1, 0.15) is 5.56 Å². The van der Waals surface area contributed by atoms with Crippen molar-refractivity contribution in [3.8, 4) is 0 Å². The molecule has 102 valence electrons. The summed E-state index contributed by atoms with van der Waals surface area (Å²) in [4.78, 5) is 13.6. The minimum absolute atomic E-state index is 0.00229. The summed E-state index contributed by atoms with van der Waals surface area (Å²) in [5, 5.41) is 14.3. The number of amides is 2. The van der Waals surface area contributed by atoms with Crippen LogP contribution >= 0.6 is 0 Å². The van der Waals surface area contributed by atoms with E-state index in [0.29, 0.717) is 37.6 Å². The quantitative estimate of drug-likeness (QED) is 0.316. The van der Waals surface area contributed by atoms with E-state index < -0.39 is 0 Å². The Kier molecular flexibility index (Phi) is 4.19. The molecule has 0 radical (unpaired) electrons. The summed E-state index contributed by atoms with van der Waals surface area (Å²) in [6, 6.07) is 6.63. The van der Waals surface area contributed by atoms with Gasteiger partial charge in [-0.2, -0.15) is 0 Å². The van der Waals surface area contributed by atoms with Gasteiger partial charge < -0.3 is 25.9 Å². The van der Waals surface area contributed by atoms with E-state index in [1.807, 2.05) is 0 Å². The number of hydrogen-bond donors (Lipinski definition) is 3. The maximum atomic E-state index is 12.0. The first kappa shape index (κ1) is 13.2. The zero-order valence-corrected chi connectivity index (χ0v) is 10.4. The van der Waals surface area contributed by atoms with Gasteiger partial charge in [-0.15, -0.1) is 0 Å². The lowest BCUT2D eigenvalue weighted by Crippen LogP contribution is -2.43. The number of oxime groups is 1. The van der Waals surface area contributed by atoms with E-state index in [9.17, 15) is 4.79 Å². The largest absolute Gasteiger partial charge is 0.409 e. The van der Waals surface area contributed by atoms with Crippen molar-refractivity contribution < 1.29 is 14.7 Å². The van der Waals surface area contributed by atoms with Crippen molar-refractivity contribution in [3.05, 3.63) is 29.8 Å². The van der Waals surface area contributed by atoms with Crippen molar-refractivity contribution in [1.29, 1.82) is 0 Å². The average molecular weight is 264 g/mol. The van der Waals surface area contributed by atoms with Gasteiger partial charge in [0.2, 0.25) is 0 Å². The number of morpholine rings is 1. The van der Waals surface area contributed by atoms with Crippen LogP contribution in [0, 0.1) is 0 Å². The van der Waals surface area contributed by atoms with Crippen LogP contribution < -0.4 is 11.1 Å². The fourth-order valence-corrected chi connectivity index (χ4v) is 1.78. The summed E-state index contributed by atoms with van der Waals surface area (Å²) in [6.45, 7) is 2.26. The molecule has 0 aromatic heterocycles. The number of nitrogens with one attached hydrogen (secondary N) is 1. The summed E-state index contributed by atoms with van der Waals surface area (Å²) in [5.74, 6) is 0.00229. The molecule has 4 N–H and O–H groups in total. The molecular weight excluding hydrogens is 248 g/mol. The van der Waals surface area contributed by atoms with Crippen LogP contribution in [0.2, 0.25) is 0 Å². The highest BCUT2D eigenvalue weighted by atomic mass is 16.5.